The second kappa shape index (κ2) is 9.21. The summed E-state index contributed by atoms with van der Waals surface area (Å²) >= 11 is 7.41. The minimum Gasteiger partial charge on any atom is -0.378 e. The Morgan fingerprint density at radius 2 is 2.04 bits per heavy atom. The molecule has 1 N–H and O–H groups in total. The first kappa shape index (κ1) is 18.9. The second-order valence-corrected chi connectivity index (χ2v) is 7.25. The van der Waals surface area contributed by atoms with E-state index in [0.29, 0.717) is 23.5 Å². The van der Waals surface area contributed by atoms with Crippen molar-refractivity contribution in [3.63, 3.8) is 0 Å². The van der Waals surface area contributed by atoms with Crippen LogP contribution in [0.1, 0.15) is 18.5 Å². The number of morpholine rings is 1. The van der Waals surface area contributed by atoms with Gasteiger partial charge in [-0.2, -0.15) is 0 Å². The fraction of sp³-hybridized carbons (Fsp3) is 0.389. The minimum atomic E-state index is -0.0668. The van der Waals surface area contributed by atoms with Crippen LogP contribution < -0.4 is 10.2 Å². The van der Waals surface area contributed by atoms with Crippen LogP contribution in [0.15, 0.2) is 41.6 Å². The van der Waals surface area contributed by atoms with Crippen molar-refractivity contribution in [1.29, 1.82) is 0 Å². The molecule has 0 aliphatic carbocycles. The number of amides is 1. The Bertz CT molecular complexity index is 741. The fourth-order valence-electron chi connectivity index (χ4n) is 2.64. The highest BCUT2D eigenvalue weighted by molar-refractivity contribution is 7.99. The first-order chi connectivity index (χ1) is 12.6. The van der Waals surface area contributed by atoms with E-state index in [1.807, 2.05) is 37.3 Å². The van der Waals surface area contributed by atoms with Gasteiger partial charge < -0.3 is 15.0 Å². The summed E-state index contributed by atoms with van der Waals surface area (Å²) < 4.78 is 5.36. The normalized spacial score (nSPS) is 15.5. The number of ether oxygens (including phenoxy) is 1. The van der Waals surface area contributed by atoms with Gasteiger partial charge in [-0.05, 0) is 12.5 Å². The minimum absolute atomic E-state index is 0.0477. The van der Waals surface area contributed by atoms with Crippen LogP contribution in [-0.2, 0) is 9.53 Å². The monoisotopic (exact) mass is 392 g/mol. The number of hydrogen-bond donors (Lipinski definition) is 1. The van der Waals surface area contributed by atoms with Crippen molar-refractivity contribution in [2.45, 2.75) is 18.1 Å². The summed E-state index contributed by atoms with van der Waals surface area (Å²) in [5, 5.41) is 3.86. The molecule has 0 spiro atoms. The second-order valence-electron chi connectivity index (χ2n) is 5.92. The molecule has 1 unspecified atom stereocenters. The number of aromatic nitrogens is 2. The number of carbonyl (C=O) groups excluding carboxylic acids is 1. The number of anilines is 1. The van der Waals surface area contributed by atoms with Gasteiger partial charge in [-0.25, -0.2) is 9.97 Å². The van der Waals surface area contributed by atoms with Crippen molar-refractivity contribution in [3.8, 4) is 0 Å². The summed E-state index contributed by atoms with van der Waals surface area (Å²) in [7, 11) is 0. The van der Waals surface area contributed by atoms with Crippen molar-refractivity contribution in [1.82, 2.24) is 15.3 Å². The Kier molecular flexibility index (Phi) is 6.71. The zero-order chi connectivity index (χ0) is 18.4. The van der Waals surface area contributed by atoms with Gasteiger partial charge in [0.15, 0.2) is 5.16 Å². The molecule has 1 amide bonds. The van der Waals surface area contributed by atoms with Gasteiger partial charge in [0.25, 0.3) is 0 Å². The van der Waals surface area contributed by atoms with Crippen LogP contribution in [-0.4, -0.2) is 47.9 Å². The van der Waals surface area contributed by atoms with E-state index in [9.17, 15) is 4.79 Å². The molecule has 0 saturated carbocycles. The van der Waals surface area contributed by atoms with E-state index in [1.54, 1.807) is 6.07 Å². The maximum Gasteiger partial charge on any atom is 0.230 e. The molecule has 3 rings (SSSR count). The number of hydrogen-bond acceptors (Lipinski definition) is 6. The lowest BCUT2D eigenvalue weighted by Gasteiger charge is -2.27. The van der Waals surface area contributed by atoms with Gasteiger partial charge in [0.2, 0.25) is 5.91 Å². The molecule has 2 heterocycles. The van der Waals surface area contributed by atoms with Crippen LogP contribution >= 0.6 is 23.4 Å². The third-order valence-corrected chi connectivity index (χ3v) is 5.05. The van der Waals surface area contributed by atoms with Crippen molar-refractivity contribution >= 4 is 35.1 Å². The maximum absolute atomic E-state index is 12.2. The molecule has 8 heteroatoms. The molecule has 1 aliphatic rings. The number of nitrogens with one attached hydrogen (secondary N) is 1. The van der Waals surface area contributed by atoms with E-state index in [0.717, 1.165) is 24.5 Å². The third-order valence-electron chi connectivity index (χ3n) is 4.01. The van der Waals surface area contributed by atoms with Crippen molar-refractivity contribution in [2.24, 2.45) is 0 Å². The van der Waals surface area contributed by atoms with Gasteiger partial charge in [0.05, 0.1) is 25.0 Å². The standard InChI is InChI=1S/C18H21ClN4O2S/c1-13(14-5-3-2-4-6-14)20-17(24)12-26-18-21-15(19)11-16(22-18)23-7-9-25-10-8-23/h2-6,11,13H,7-10,12H2,1H3,(H,20,24). The Balaban J connectivity index is 1.57. The van der Waals surface area contributed by atoms with Crippen LogP contribution in [0.2, 0.25) is 5.15 Å². The zero-order valence-electron chi connectivity index (χ0n) is 14.5. The zero-order valence-corrected chi connectivity index (χ0v) is 16.1. The number of carbonyl (C=O) groups is 1. The molecule has 1 saturated heterocycles. The first-order valence-corrected chi connectivity index (χ1v) is 9.82. The topological polar surface area (TPSA) is 67.4 Å². The molecular weight excluding hydrogens is 372 g/mol. The SMILES string of the molecule is CC(NC(=O)CSc1nc(Cl)cc(N2CCOCC2)n1)c1ccccc1. The summed E-state index contributed by atoms with van der Waals surface area (Å²) in [4.78, 5) is 23.1. The number of benzene rings is 1. The molecule has 6 nitrogen and oxygen atoms in total. The summed E-state index contributed by atoms with van der Waals surface area (Å²) in [5.41, 5.74) is 1.07. The van der Waals surface area contributed by atoms with Gasteiger partial charge >= 0.3 is 0 Å². The average molecular weight is 393 g/mol. The van der Waals surface area contributed by atoms with Crippen LogP contribution in [0.5, 0.6) is 0 Å². The van der Waals surface area contributed by atoms with Crippen molar-refractivity contribution < 1.29 is 9.53 Å². The predicted molar refractivity (Wildman–Crippen MR) is 104 cm³/mol. The quantitative estimate of drug-likeness (QED) is 0.463. The smallest absolute Gasteiger partial charge is 0.230 e. The summed E-state index contributed by atoms with van der Waals surface area (Å²) in [6.45, 7) is 4.84. The predicted octanol–water partition coefficient (Wildman–Crippen LogP) is 2.94. The molecular formula is C18H21ClN4O2S. The van der Waals surface area contributed by atoms with Gasteiger partial charge in [0, 0.05) is 19.2 Å². The Hall–Kier alpha value is -1.83. The third kappa shape index (κ3) is 5.33. The maximum atomic E-state index is 12.2. The Morgan fingerprint density at radius 1 is 1.31 bits per heavy atom. The van der Waals surface area contributed by atoms with E-state index in [4.69, 9.17) is 16.3 Å². The van der Waals surface area contributed by atoms with Crippen LogP contribution in [0, 0.1) is 0 Å². The lowest BCUT2D eigenvalue weighted by Crippen LogP contribution is -2.36. The van der Waals surface area contributed by atoms with Crippen LogP contribution in [0.4, 0.5) is 5.82 Å². The fourth-order valence-corrected chi connectivity index (χ4v) is 3.53. The highest BCUT2D eigenvalue weighted by Crippen LogP contribution is 2.22. The van der Waals surface area contributed by atoms with E-state index >= 15 is 0 Å². The number of halogens is 1. The summed E-state index contributed by atoms with van der Waals surface area (Å²) in [6.07, 6.45) is 0. The molecule has 1 aliphatic heterocycles. The van der Waals surface area contributed by atoms with Crippen LogP contribution in [0.25, 0.3) is 0 Å². The summed E-state index contributed by atoms with van der Waals surface area (Å²) in [6, 6.07) is 11.6. The molecule has 1 aromatic carbocycles. The van der Waals surface area contributed by atoms with E-state index in [1.165, 1.54) is 11.8 Å². The summed E-state index contributed by atoms with van der Waals surface area (Å²) in [5.74, 6) is 0.941. The van der Waals surface area contributed by atoms with E-state index < -0.39 is 0 Å². The Labute approximate surface area is 162 Å². The van der Waals surface area contributed by atoms with Crippen molar-refractivity contribution in [2.75, 3.05) is 37.0 Å². The number of thioether (sulfide) groups is 1. The Morgan fingerprint density at radius 3 is 2.77 bits per heavy atom. The van der Waals surface area contributed by atoms with Gasteiger partial charge in [-0.3, -0.25) is 4.79 Å². The lowest BCUT2D eigenvalue weighted by molar-refractivity contribution is -0.119. The highest BCUT2D eigenvalue weighted by atomic mass is 35.5. The molecule has 26 heavy (non-hydrogen) atoms. The molecule has 0 radical (unpaired) electrons. The molecule has 1 atom stereocenters. The van der Waals surface area contributed by atoms with Gasteiger partial charge in [-0.1, -0.05) is 53.7 Å². The molecule has 0 bridgehead atoms. The molecule has 1 fully saturated rings. The largest absolute Gasteiger partial charge is 0.378 e. The van der Waals surface area contributed by atoms with Gasteiger partial charge in [-0.15, -0.1) is 0 Å². The first-order valence-electron chi connectivity index (χ1n) is 8.46. The lowest BCUT2D eigenvalue weighted by atomic mass is 10.1. The van der Waals surface area contributed by atoms with Gasteiger partial charge in [0.1, 0.15) is 11.0 Å². The van der Waals surface area contributed by atoms with Crippen LogP contribution in [0.3, 0.4) is 0 Å². The average Bonchev–Trinajstić information content (AvgIpc) is 2.67. The van der Waals surface area contributed by atoms with Crippen molar-refractivity contribution in [3.05, 3.63) is 47.1 Å². The van der Waals surface area contributed by atoms with E-state index in [2.05, 4.69) is 20.2 Å². The van der Waals surface area contributed by atoms with E-state index in [-0.39, 0.29) is 17.7 Å². The molecule has 1 aromatic heterocycles. The number of nitrogens with zero attached hydrogens (tertiary/aromatic N) is 3. The molecule has 138 valence electrons. The highest BCUT2D eigenvalue weighted by Gasteiger charge is 2.16. The number of rotatable bonds is 6. The molecule has 2 aromatic rings.